The number of alkyl halides is 3. The molecule has 0 aliphatic carbocycles. The minimum absolute atomic E-state index is 0.00196. The van der Waals surface area contributed by atoms with Crippen LogP contribution in [0.1, 0.15) is 6.42 Å². The quantitative estimate of drug-likeness (QED) is 0.436. The Balaban J connectivity index is 1.49. The average molecular weight is 408 g/mol. The van der Waals surface area contributed by atoms with Gasteiger partial charge in [-0.15, -0.1) is 13.2 Å². The van der Waals surface area contributed by atoms with E-state index in [1.165, 1.54) is 24.3 Å². The molecule has 0 bridgehead atoms. The summed E-state index contributed by atoms with van der Waals surface area (Å²) >= 11 is 0. The molecule has 1 amide bonds. The van der Waals surface area contributed by atoms with Gasteiger partial charge in [0.15, 0.2) is 12.6 Å². The van der Waals surface area contributed by atoms with Gasteiger partial charge in [-0.3, -0.25) is 9.79 Å². The lowest BCUT2D eigenvalue weighted by atomic mass is 10.2. The summed E-state index contributed by atoms with van der Waals surface area (Å²) < 4.78 is 45.7. The van der Waals surface area contributed by atoms with E-state index >= 15 is 0 Å². The van der Waals surface area contributed by atoms with Crippen LogP contribution in [0.5, 0.6) is 11.5 Å². The first-order valence-corrected chi connectivity index (χ1v) is 8.77. The molecule has 1 heterocycles. The van der Waals surface area contributed by atoms with Crippen molar-refractivity contribution in [1.82, 2.24) is 0 Å². The fraction of sp³-hybridized carbons (Fsp3) is 0.263. The van der Waals surface area contributed by atoms with Crippen LogP contribution in [0.25, 0.3) is 0 Å². The van der Waals surface area contributed by atoms with Gasteiger partial charge in [-0.25, -0.2) is 0 Å². The van der Waals surface area contributed by atoms with Crippen molar-refractivity contribution in [2.24, 2.45) is 10.7 Å². The average Bonchev–Trinajstić information content (AvgIpc) is 2.67. The molecule has 2 aromatic rings. The van der Waals surface area contributed by atoms with E-state index in [1.807, 2.05) is 18.2 Å². The molecule has 0 spiro atoms. The molecular formula is C19H19F3N4O3. The minimum atomic E-state index is -4.74. The molecule has 0 saturated heterocycles. The molecule has 3 N–H and O–H groups in total. The summed E-state index contributed by atoms with van der Waals surface area (Å²) in [6, 6.07) is 12.4. The lowest BCUT2D eigenvalue weighted by Crippen LogP contribution is -2.39. The predicted octanol–water partition coefficient (Wildman–Crippen LogP) is 3.13. The van der Waals surface area contributed by atoms with Crippen LogP contribution < -0.4 is 25.4 Å². The van der Waals surface area contributed by atoms with Gasteiger partial charge < -0.3 is 25.4 Å². The third kappa shape index (κ3) is 5.77. The smallest absolute Gasteiger partial charge is 0.482 e. The van der Waals surface area contributed by atoms with E-state index in [0.29, 0.717) is 30.9 Å². The van der Waals surface area contributed by atoms with Gasteiger partial charge in [0.1, 0.15) is 11.5 Å². The second-order valence-corrected chi connectivity index (χ2v) is 6.12. The highest BCUT2D eigenvalue weighted by atomic mass is 19.4. The van der Waals surface area contributed by atoms with E-state index in [9.17, 15) is 18.0 Å². The fourth-order valence-corrected chi connectivity index (χ4v) is 2.75. The van der Waals surface area contributed by atoms with Crippen LogP contribution in [-0.2, 0) is 4.79 Å². The lowest BCUT2D eigenvalue weighted by molar-refractivity contribution is -0.274. The molecule has 0 unspecified atom stereocenters. The number of hydrogen-bond donors (Lipinski definition) is 2. The Kier molecular flexibility index (Phi) is 6.10. The summed E-state index contributed by atoms with van der Waals surface area (Å²) in [5, 5.41) is 2.79. The topological polar surface area (TPSA) is 89.2 Å². The standard InChI is InChI=1S/C19H19F3N4O3/c20-19(21,22)29-14-8-6-13(7-9-14)25-18(23)24-10-3-11-26-15-4-1-2-5-16(15)28-12-17(26)27/h1-2,4-9H,3,10-12H2,(H3,23,24,25). The first-order chi connectivity index (χ1) is 13.8. The van der Waals surface area contributed by atoms with Crippen molar-refractivity contribution in [3.63, 3.8) is 0 Å². The van der Waals surface area contributed by atoms with Gasteiger partial charge in [-0.2, -0.15) is 0 Å². The number of ether oxygens (including phenoxy) is 2. The summed E-state index contributed by atoms with van der Waals surface area (Å²) in [6.45, 7) is 0.818. The summed E-state index contributed by atoms with van der Waals surface area (Å²) in [4.78, 5) is 17.9. The molecule has 0 aromatic heterocycles. The molecule has 10 heteroatoms. The number of carbonyl (C=O) groups is 1. The van der Waals surface area contributed by atoms with E-state index in [-0.39, 0.29) is 24.2 Å². The molecule has 29 heavy (non-hydrogen) atoms. The number of guanidine groups is 1. The van der Waals surface area contributed by atoms with Crippen molar-refractivity contribution in [3.8, 4) is 11.5 Å². The minimum Gasteiger partial charge on any atom is -0.482 e. The van der Waals surface area contributed by atoms with Gasteiger partial charge in [0.05, 0.1) is 5.69 Å². The number of nitrogens with two attached hydrogens (primary N) is 1. The second-order valence-electron chi connectivity index (χ2n) is 6.12. The maximum absolute atomic E-state index is 12.2. The van der Waals surface area contributed by atoms with E-state index in [2.05, 4.69) is 15.0 Å². The number of aliphatic imine (C=N–C) groups is 1. The molecule has 0 fully saturated rings. The number of halogens is 3. The number of anilines is 2. The third-order valence-corrected chi connectivity index (χ3v) is 3.99. The monoisotopic (exact) mass is 408 g/mol. The number of rotatable bonds is 6. The zero-order valence-electron chi connectivity index (χ0n) is 15.3. The lowest BCUT2D eigenvalue weighted by Gasteiger charge is -2.29. The van der Waals surface area contributed by atoms with Crippen molar-refractivity contribution in [2.45, 2.75) is 12.8 Å². The normalized spacial score (nSPS) is 14.2. The van der Waals surface area contributed by atoms with Crippen molar-refractivity contribution < 1.29 is 27.4 Å². The van der Waals surface area contributed by atoms with E-state index in [4.69, 9.17) is 10.5 Å². The van der Waals surface area contributed by atoms with Crippen LogP contribution in [0.4, 0.5) is 24.5 Å². The van der Waals surface area contributed by atoms with Gasteiger partial charge in [0.2, 0.25) is 0 Å². The summed E-state index contributed by atoms with van der Waals surface area (Å²) in [6.07, 6.45) is -4.17. The molecule has 1 aliphatic heterocycles. The fourth-order valence-electron chi connectivity index (χ4n) is 2.75. The highest BCUT2D eigenvalue weighted by Gasteiger charge is 2.31. The number of fused-ring (bicyclic) bond motifs is 1. The van der Waals surface area contributed by atoms with Crippen LogP contribution in [-0.4, -0.2) is 37.9 Å². The Morgan fingerprint density at radius 2 is 1.93 bits per heavy atom. The van der Waals surface area contributed by atoms with E-state index in [1.54, 1.807) is 11.0 Å². The maximum Gasteiger partial charge on any atom is 0.573 e. The van der Waals surface area contributed by atoms with E-state index < -0.39 is 6.36 Å². The molecular weight excluding hydrogens is 389 g/mol. The van der Waals surface area contributed by atoms with Crippen molar-refractivity contribution in [3.05, 3.63) is 48.5 Å². The second kappa shape index (κ2) is 8.72. The largest absolute Gasteiger partial charge is 0.573 e. The molecule has 3 rings (SSSR count). The van der Waals surface area contributed by atoms with Gasteiger partial charge in [-0.1, -0.05) is 12.1 Å². The molecule has 0 radical (unpaired) electrons. The van der Waals surface area contributed by atoms with Crippen molar-refractivity contribution in [2.75, 3.05) is 29.9 Å². The van der Waals surface area contributed by atoms with Gasteiger partial charge in [0.25, 0.3) is 5.91 Å². The molecule has 1 aliphatic rings. The number of amides is 1. The SMILES string of the molecule is NC(=NCCCN1C(=O)COc2ccccc21)Nc1ccc(OC(F)(F)F)cc1. The number of benzene rings is 2. The predicted molar refractivity (Wildman–Crippen MR) is 102 cm³/mol. The van der Waals surface area contributed by atoms with Gasteiger partial charge in [-0.05, 0) is 42.8 Å². The Bertz CT molecular complexity index is 885. The Morgan fingerprint density at radius 1 is 1.21 bits per heavy atom. The maximum atomic E-state index is 12.2. The highest BCUT2D eigenvalue weighted by Crippen LogP contribution is 2.31. The molecule has 2 aromatic carbocycles. The van der Waals surface area contributed by atoms with Crippen LogP contribution in [0.15, 0.2) is 53.5 Å². The Morgan fingerprint density at radius 3 is 2.66 bits per heavy atom. The summed E-state index contributed by atoms with van der Waals surface area (Å²) in [7, 11) is 0. The molecule has 0 saturated carbocycles. The summed E-state index contributed by atoms with van der Waals surface area (Å²) in [5.41, 5.74) is 6.99. The molecule has 154 valence electrons. The molecule has 7 nitrogen and oxygen atoms in total. The first-order valence-electron chi connectivity index (χ1n) is 8.77. The number of carbonyl (C=O) groups excluding carboxylic acids is 1. The van der Waals surface area contributed by atoms with Gasteiger partial charge in [0, 0.05) is 18.8 Å². The molecule has 0 atom stereocenters. The highest BCUT2D eigenvalue weighted by molar-refractivity contribution is 5.97. The van der Waals surface area contributed by atoms with Crippen molar-refractivity contribution in [1.29, 1.82) is 0 Å². The van der Waals surface area contributed by atoms with Crippen molar-refractivity contribution >= 4 is 23.2 Å². The third-order valence-electron chi connectivity index (χ3n) is 3.99. The number of nitrogens with zero attached hydrogens (tertiary/aromatic N) is 2. The van der Waals surface area contributed by atoms with Gasteiger partial charge >= 0.3 is 6.36 Å². The summed E-state index contributed by atoms with van der Waals surface area (Å²) in [5.74, 6) is 0.326. The van der Waals surface area contributed by atoms with Crippen LogP contribution in [0.2, 0.25) is 0 Å². The number of nitrogens with one attached hydrogen (secondary N) is 1. The van der Waals surface area contributed by atoms with E-state index in [0.717, 1.165) is 5.69 Å². The first kappa shape index (κ1) is 20.3. The Hall–Kier alpha value is -3.43. The number of para-hydroxylation sites is 2. The Labute approximate surface area is 164 Å². The van der Waals surface area contributed by atoms with Crippen LogP contribution >= 0.6 is 0 Å². The van der Waals surface area contributed by atoms with Crippen LogP contribution in [0, 0.1) is 0 Å². The number of hydrogen-bond acceptors (Lipinski definition) is 4. The zero-order chi connectivity index (χ0) is 20.9. The van der Waals surface area contributed by atoms with Crippen LogP contribution in [0.3, 0.4) is 0 Å². The zero-order valence-corrected chi connectivity index (χ0v) is 15.3.